The van der Waals surface area contributed by atoms with E-state index in [2.05, 4.69) is 5.32 Å². The van der Waals surface area contributed by atoms with Crippen molar-refractivity contribution in [1.82, 2.24) is 10.2 Å². The van der Waals surface area contributed by atoms with Crippen LogP contribution in [0.15, 0.2) is 24.3 Å². The summed E-state index contributed by atoms with van der Waals surface area (Å²) in [5.74, 6) is -1.77. The Bertz CT molecular complexity index is 535. The Kier molecular flexibility index (Phi) is 4.77. The van der Waals surface area contributed by atoms with Crippen LogP contribution in [0.4, 0.5) is 9.18 Å². The number of carboxylic acids is 1. The molecule has 0 radical (unpaired) electrons. The van der Waals surface area contributed by atoms with E-state index in [1.807, 2.05) is 0 Å². The molecule has 1 aliphatic rings. The molecule has 1 aromatic carbocycles. The van der Waals surface area contributed by atoms with Crippen molar-refractivity contribution in [3.05, 3.63) is 35.6 Å². The molecule has 21 heavy (non-hydrogen) atoms. The fraction of sp³-hybridized carbons (Fsp3) is 0.467. The second-order valence-corrected chi connectivity index (χ2v) is 5.32. The Morgan fingerprint density at radius 2 is 2.14 bits per heavy atom. The third-order valence-electron chi connectivity index (χ3n) is 3.77. The second-order valence-electron chi connectivity index (χ2n) is 5.32. The summed E-state index contributed by atoms with van der Waals surface area (Å²) in [4.78, 5) is 24.6. The minimum Gasteiger partial charge on any atom is -0.481 e. The number of carbonyl (C=O) groups is 2. The molecule has 2 amide bonds. The maximum Gasteiger partial charge on any atom is 0.317 e. The molecule has 6 heteroatoms. The van der Waals surface area contributed by atoms with Crippen molar-refractivity contribution in [2.75, 3.05) is 13.1 Å². The minimum absolute atomic E-state index is 0.200. The maximum atomic E-state index is 13.7. The van der Waals surface area contributed by atoms with E-state index in [0.29, 0.717) is 24.9 Å². The molecule has 1 aliphatic heterocycles. The minimum atomic E-state index is -0.880. The number of hydrogen-bond acceptors (Lipinski definition) is 2. The number of nitrogens with zero attached hydrogens (tertiary/aromatic N) is 1. The zero-order valence-electron chi connectivity index (χ0n) is 11.9. The third kappa shape index (κ3) is 3.71. The second kappa shape index (κ2) is 6.56. The third-order valence-corrected chi connectivity index (χ3v) is 3.77. The van der Waals surface area contributed by atoms with E-state index in [-0.39, 0.29) is 18.4 Å². The van der Waals surface area contributed by atoms with Crippen LogP contribution in [0, 0.1) is 11.7 Å². The lowest BCUT2D eigenvalue weighted by Crippen LogP contribution is -2.47. The summed E-state index contributed by atoms with van der Waals surface area (Å²) in [5.41, 5.74) is 0.414. The molecule has 0 aliphatic carbocycles. The Labute approximate surface area is 122 Å². The molecule has 114 valence electrons. The molecule has 0 spiro atoms. The van der Waals surface area contributed by atoms with Gasteiger partial charge >= 0.3 is 12.0 Å². The van der Waals surface area contributed by atoms with Crippen molar-refractivity contribution in [3.63, 3.8) is 0 Å². The van der Waals surface area contributed by atoms with Gasteiger partial charge in [0.25, 0.3) is 0 Å². The number of amides is 2. The summed E-state index contributed by atoms with van der Waals surface area (Å²) < 4.78 is 13.7. The molecule has 1 saturated heterocycles. The van der Waals surface area contributed by atoms with Gasteiger partial charge in [-0.15, -0.1) is 0 Å². The topological polar surface area (TPSA) is 69.6 Å². The summed E-state index contributed by atoms with van der Waals surface area (Å²) >= 11 is 0. The summed E-state index contributed by atoms with van der Waals surface area (Å²) in [6.07, 6.45) is 1.25. The highest BCUT2D eigenvalue weighted by molar-refractivity contribution is 5.77. The van der Waals surface area contributed by atoms with Gasteiger partial charge in [0.15, 0.2) is 0 Å². The van der Waals surface area contributed by atoms with E-state index in [1.54, 1.807) is 25.1 Å². The van der Waals surface area contributed by atoms with Crippen LogP contribution in [-0.2, 0) is 4.79 Å². The van der Waals surface area contributed by atoms with Crippen LogP contribution in [-0.4, -0.2) is 35.1 Å². The molecule has 0 bridgehead atoms. The van der Waals surface area contributed by atoms with Crippen LogP contribution < -0.4 is 5.32 Å². The van der Waals surface area contributed by atoms with Crippen LogP contribution in [0.3, 0.4) is 0 Å². The average molecular weight is 294 g/mol. The summed E-state index contributed by atoms with van der Waals surface area (Å²) in [7, 11) is 0. The number of aliphatic carboxylic acids is 1. The molecule has 2 N–H and O–H groups in total. The molecule has 1 aromatic rings. The van der Waals surface area contributed by atoms with Gasteiger partial charge in [-0.1, -0.05) is 18.2 Å². The molecule has 1 fully saturated rings. The lowest BCUT2D eigenvalue weighted by atomic mass is 9.98. The van der Waals surface area contributed by atoms with Gasteiger partial charge < -0.3 is 15.3 Å². The van der Waals surface area contributed by atoms with Gasteiger partial charge in [0.1, 0.15) is 5.82 Å². The van der Waals surface area contributed by atoms with Crippen molar-refractivity contribution in [2.45, 2.75) is 25.8 Å². The zero-order chi connectivity index (χ0) is 15.4. The van der Waals surface area contributed by atoms with Crippen molar-refractivity contribution in [1.29, 1.82) is 0 Å². The van der Waals surface area contributed by atoms with Crippen molar-refractivity contribution < 1.29 is 19.1 Å². The van der Waals surface area contributed by atoms with Gasteiger partial charge in [-0.3, -0.25) is 4.79 Å². The number of urea groups is 1. The van der Waals surface area contributed by atoms with Crippen LogP contribution in [0.1, 0.15) is 31.4 Å². The molecule has 0 aromatic heterocycles. The lowest BCUT2D eigenvalue weighted by molar-refractivity contribution is -0.143. The molecular weight excluding hydrogens is 275 g/mol. The molecule has 1 heterocycles. The average Bonchev–Trinajstić information content (AvgIpc) is 2.47. The summed E-state index contributed by atoms with van der Waals surface area (Å²) in [5, 5.41) is 11.7. The van der Waals surface area contributed by atoms with E-state index in [9.17, 15) is 14.0 Å². The maximum absolute atomic E-state index is 13.7. The quantitative estimate of drug-likeness (QED) is 0.899. The summed E-state index contributed by atoms with van der Waals surface area (Å²) in [6, 6.07) is 5.45. The fourth-order valence-corrected chi connectivity index (χ4v) is 2.54. The standard InChI is InChI=1S/C15H19FN2O3/c1-10(12-6-2-3-7-13(12)16)17-15(21)18-8-4-5-11(9-18)14(19)20/h2-3,6-7,10-11H,4-5,8-9H2,1H3,(H,17,21)(H,19,20)/t10?,11-/m0/s1. The van der Waals surface area contributed by atoms with Crippen LogP contribution in [0.5, 0.6) is 0 Å². The molecule has 2 rings (SSSR count). The first kappa shape index (κ1) is 15.3. The normalized spacial score (nSPS) is 19.9. The highest BCUT2D eigenvalue weighted by Gasteiger charge is 2.28. The molecule has 1 unspecified atom stereocenters. The SMILES string of the molecule is CC(NC(=O)N1CCC[C@H](C(=O)O)C1)c1ccccc1F. The molecule has 5 nitrogen and oxygen atoms in total. The zero-order valence-corrected chi connectivity index (χ0v) is 11.9. The molecular formula is C15H19FN2O3. The fourth-order valence-electron chi connectivity index (χ4n) is 2.54. The van der Waals surface area contributed by atoms with Crippen molar-refractivity contribution in [3.8, 4) is 0 Å². The Balaban J connectivity index is 1.98. The first-order valence-corrected chi connectivity index (χ1v) is 7.01. The van der Waals surface area contributed by atoms with Gasteiger partial charge in [-0.05, 0) is 25.8 Å². The van der Waals surface area contributed by atoms with Crippen LogP contribution in [0.2, 0.25) is 0 Å². The first-order chi connectivity index (χ1) is 9.99. The van der Waals surface area contributed by atoms with E-state index in [1.165, 1.54) is 11.0 Å². The lowest BCUT2D eigenvalue weighted by Gasteiger charge is -2.31. The van der Waals surface area contributed by atoms with E-state index in [0.717, 1.165) is 0 Å². The Morgan fingerprint density at radius 3 is 2.81 bits per heavy atom. The number of rotatable bonds is 3. The number of benzene rings is 1. The largest absolute Gasteiger partial charge is 0.481 e. The predicted molar refractivity (Wildman–Crippen MR) is 75.3 cm³/mol. The number of likely N-dealkylation sites (tertiary alicyclic amines) is 1. The highest BCUT2D eigenvalue weighted by atomic mass is 19.1. The smallest absolute Gasteiger partial charge is 0.317 e. The number of hydrogen-bond donors (Lipinski definition) is 2. The predicted octanol–water partition coefficient (Wildman–Crippen LogP) is 2.39. The number of halogens is 1. The Hall–Kier alpha value is -2.11. The van der Waals surface area contributed by atoms with E-state index >= 15 is 0 Å². The number of carboxylic acid groups (broad SMARTS) is 1. The number of carbonyl (C=O) groups excluding carboxylic acids is 1. The van der Waals surface area contributed by atoms with Gasteiger partial charge in [-0.25, -0.2) is 9.18 Å². The highest BCUT2D eigenvalue weighted by Crippen LogP contribution is 2.19. The monoisotopic (exact) mass is 294 g/mol. The van der Waals surface area contributed by atoms with E-state index < -0.39 is 17.9 Å². The van der Waals surface area contributed by atoms with Crippen LogP contribution in [0.25, 0.3) is 0 Å². The summed E-state index contributed by atoms with van der Waals surface area (Å²) in [6.45, 7) is 2.43. The van der Waals surface area contributed by atoms with E-state index in [4.69, 9.17) is 5.11 Å². The van der Waals surface area contributed by atoms with Crippen molar-refractivity contribution >= 4 is 12.0 Å². The van der Waals surface area contributed by atoms with Crippen LogP contribution >= 0.6 is 0 Å². The number of piperidine rings is 1. The van der Waals surface area contributed by atoms with Gasteiger partial charge in [0, 0.05) is 18.7 Å². The van der Waals surface area contributed by atoms with Gasteiger partial charge in [0.2, 0.25) is 0 Å². The molecule has 0 saturated carbocycles. The van der Waals surface area contributed by atoms with Gasteiger partial charge in [-0.2, -0.15) is 0 Å². The number of nitrogens with one attached hydrogen (secondary N) is 1. The first-order valence-electron chi connectivity index (χ1n) is 7.01. The Morgan fingerprint density at radius 1 is 1.43 bits per heavy atom. The van der Waals surface area contributed by atoms with Crippen molar-refractivity contribution in [2.24, 2.45) is 5.92 Å². The molecule has 2 atom stereocenters. The van der Waals surface area contributed by atoms with Gasteiger partial charge in [0.05, 0.1) is 12.0 Å².